The lowest BCUT2D eigenvalue weighted by atomic mass is 10.1. The summed E-state index contributed by atoms with van der Waals surface area (Å²) in [6.45, 7) is 7.23. The highest BCUT2D eigenvalue weighted by Gasteiger charge is 2.25. The summed E-state index contributed by atoms with van der Waals surface area (Å²) in [6, 6.07) is 3.94. The van der Waals surface area contributed by atoms with Crippen molar-refractivity contribution in [2.75, 3.05) is 53.7 Å². The molecule has 0 spiro atoms. The van der Waals surface area contributed by atoms with Crippen molar-refractivity contribution in [3.05, 3.63) is 23.9 Å². The molecule has 0 amide bonds. The van der Waals surface area contributed by atoms with Crippen LogP contribution in [0, 0.1) is 5.92 Å². The average Bonchev–Trinajstić information content (AvgIpc) is 3.10. The lowest BCUT2D eigenvalue weighted by Crippen LogP contribution is -2.40. The van der Waals surface area contributed by atoms with Gasteiger partial charge >= 0.3 is 0 Å². The maximum absolute atomic E-state index is 5.65. The van der Waals surface area contributed by atoms with E-state index in [0.717, 1.165) is 37.6 Å². The molecule has 0 bridgehead atoms. The SMILES string of the molecule is CCOc1ncccc1CNC(=NC)N1CCC(COCCOC)C1. The molecule has 1 aromatic rings. The fourth-order valence-corrected chi connectivity index (χ4v) is 2.89. The van der Waals surface area contributed by atoms with Crippen LogP contribution < -0.4 is 10.1 Å². The van der Waals surface area contributed by atoms with E-state index < -0.39 is 0 Å². The molecular weight excluding hydrogens is 320 g/mol. The van der Waals surface area contributed by atoms with Crippen LogP contribution in [0.4, 0.5) is 0 Å². The van der Waals surface area contributed by atoms with E-state index >= 15 is 0 Å². The maximum atomic E-state index is 5.65. The zero-order valence-electron chi connectivity index (χ0n) is 15.5. The normalized spacial score (nSPS) is 17.8. The Labute approximate surface area is 150 Å². The number of rotatable bonds is 9. The van der Waals surface area contributed by atoms with Crippen molar-refractivity contribution in [1.29, 1.82) is 0 Å². The Morgan fingerprint density at radius 2 is 2.32 bits per heavy atom. The van der Waals surface area contributed by atoms with Gasteiger partial charge in [-0.15, -0.1) is 0 Å². The van der Waals surface area contributed by atoms with E-state index in [4.69, 9.17) is 14.2 Å². The molecule has 0 radical (unpaired) electrons. The number of aliphatic imine (C=N–C) groups is 1. The van der Waals surface area contributed by atoms with Gasteiger partial charge in [-0.05, 0) is 19.4 Å². The first-order valence-electron chi connectivity index (χ1n) is 8.87. The molecule has 1 N–H and O–H groups in total. The first-order valence-corrected chi connectivity index (χ1v) is 8.87. The molecule has 0 saturated carbocycles. The lowest BCUT2D eigenvalue weighted by Gasteiger charge is -2.22. The molecule has 0 aromatic carbocycles. The number of guanidine groups is 1. The van der Waals surface area contributed by atoms with Crippen molar-refractivity contribution in [3.8, 4) is 5.88 Å². The van der Waals surface area contributed by atoms with Crippen LogP contribution >= 0.6 is 0 Å². The van der Waals surface area contributed by atoms with E-state index in [1.165, 1.54) is 0 Å². The van der Waals surface area contributed by atoms with E-state index in [-0.39, 0.29) is 0 Å². The zero-order chi connectivity index (χ0) is 17.9. The second-order valence-electron chi connectivity index (χ2n) is 5.97. The zero-order valence-corrected chi connectivity index (χ0v) is 15.5. The predicted molar refractivity (Wildman–Crippen MR) is 98.0 cm³/mol. The van der Waals surface area contributed by atoms with E-state index in [9.17, 15) is 0 Å². The molecule has 1 aliphatic heterocycles. The van der Waals surface area contributed by atoms with Crippen molar-refractivity contribution in [1.82, 2.24) is 15.2 Å². The Hall–Kier alpha value is -1.86. The quantitative estimate of drug-likeness (QED) is 0.414. The Bertz CT molecular complexity index is 539. The van der Waals surface area contributed by atoms with Crippen molar-refractivity contribution < 1.29 is 14.2 Å². The maximum Gasteiger partial charge on any atom is 0.218 e. The third-order valence-electron chi connectivity index (χ3n) is 4.15. The molecule has 2 rings (SSSR count). The Morgan fingerprint density at radius 1 is 1.44 bits per heavy atom. The summed E-state index contributed by atoms with van der Waals surface area (Å²) in [5.41, 5.74) is 1.03. The molecule has 2 heterocycles. The van der Waals surface area contributed by atoms with Gasteiger partial charge in [0.1, 0.15) is 0 Å². The third-order valence-corrected chi connectivity index (χ3v) is 4.15. The van der Waals surface area contributed by atoms with Crippen LogP contribution in [0.5, 0.6) is 5.88 Å². The fourth-order valence-electron chi connectivity index (χ4n) is 2.89. The van der Waals surface area contributed by atoms with Gasteiger partial charge in [-0.1, -0.05) is 6.07 Å². The number of methoxy groups -OCH3 is 1. The van der Waals surface area contributed by atoms with Gasteiger partial charge < -0.3 is 24.4 Å². The number of aromatic nitrogens is 1. The van der Waals surface area contributed by atoms with E-state index in [1.807, 2.05) is 26.1 Å². The molecule has 7 heteroatoms. The second kappa shape index (κ2) is 10.9. The highest BCUT2D eigenvalue weighted by Crippen LogP contribution is 2.18. The molecule has 7 nitrogen and oxygen atoms in total. The third kappa shape index (κ3) is 6.17. The van der Waals surface area contributed by atoms with Gasteiger partial charge in [0.05, 0.1) is 26.4 Å². The molecule has 1 fully saturated rings. The summed E-state index contributed by atoms with van der Waals surface area (Å²) < 4.78 is 16.2. The van der Waals surface area contributed by atoms with Gasteiger partial charge in [-0.25, -0.2) is 4.98 Å². The molecule has 1 aliphatic rings. The van der Waals surface area contributed by atoms with Crippen molar-refractivity contribution >= 4 is 5.96 Å². The second-order valence-corrected chi connectivity index (χ2v) is 5.97. The number of likely N-dealkylation sites (tertiary alicyclic amines) is 1. The minimum atomic E-state index is 0.535. The van der Waals surface area contributed by atoms with Crippen LogP contribution in [0.15, 0.2) is 23.3 Å². The minimum Gasteiger partial charge on any atom is -0.478 e. The van der Waals surface area contributed by atoms with Gasteiger partial charge in [0, 0.05) is 51.5 Å². The summed E-state index contributed by atoms with van der Waals surface area (Å²) in [4.78, 5) is 11.0. The average molecular weight is 350 g/mol. The lowest BCUT2D eigenvalue weighted by molar-refractivity contribution is 0.0536. The van der Waals surface area contributed by atoms with Crippen molar-refractivity contribution in [2.24, 2.45) is 10.9 Å². The van der Waals surface area contributed by atoms with Crippen LogP contribution in [0.25, 0.3) is 0 Å². The van der Waals surface area contributed by atoms with E-state index in [0.29, 0.717) is 38.2 Å². The van der Waals surface area contributed by atoms with Crippen LogP contribution in [0.1, 0.15) is 18.9 Å². The number of nitrogens with one attached hydrogen (secondary N) is 1. The summed E-state index contributed by atoms with van der Waals surface area (Å²) in [5, 5.41) is 3.42. The van der Waals surface area contributed by atoms with Crippen LogP contribution in [-0.2, 0) is 16.0 Å². The van der Waals surface area contributed by atoms with Gasteiger partial charge in [0.2, 0.25) is 5.88 Å². The molecule has 1 atom stereocenters. The van der Waals surface area contributed by atoms with Crippen LogP contribution in [-0.4, -0.2) is 69.5 Å². The summed E-state index contributed by atoms with van der Waals surface area (Å²) in [7, 11) is 3.51. The molecule has 25 heavy (non-hydrogen) atoms. The van der Waals surface area contributed by atoms with Gasteiger partial charge in [-0.3, -0.25) is 4.99 Å². The predicted octanol–water partition coefficient (Wildman–Crippen LogP) is 1.54. The van der Waals surface area contributed by atoms with Crippen LogP contribution in [0.2, 0.25) is 0 Å². The topological polar surface area (TPSA) is 68.2 Å². The smallest absolute Gasteiger partial charge is 0.218 e. The number of hydrogen-bond donors (Lipinski definition) is 1. The van der Waals surface area contributed by atoms with Gasteiger partial charge in [0.15, 0.2) is 5.96 Å². The van der Waals surface area contributed by atoms with Crippen LogP contribution in [0.3, 0.4) is 0 Å². The molecule has 1 saturated heterocycles. The first-order chi connectivity index (χ1) is 12.3. The first kappa shape index (κ1) is 19.5. The van der Waals surface area contributed by atoms with E-state index in [1.54, 1.807) is 13.3 Å². The summed E-state index contributed by atoms with van der Waals surface area (Å²) >= 11 is 0. The van der Waals surface area contributed by atoms with Crippen molar-refractivity contribution in [2.45, 2.75) is 19.9 Å². The fraction of sp³-hybridized carbons (Fsp3) is 0.667. The highest BCUT2D eigenvalue weighted by atomic mass is 16.5. The van der Waals surface area contributed by atoms with Gasteiger partial charge in [0.25, 0.3) is 0 Å². The Kier molecular flexibility index (Phi) is 8.48. The van der Waals surface area contributed by atoms with Gasteiger partial charge in [-0.2, -0.15) is 0 Å². The molecule has 1 aromatic heterocycles. The number of nitrogens with zero attached hydrogens (tertiary/aromatic N) is 3. The van der Waals surface area contributed by atoms with E-state index in [2.05, 4.69) is 20.2 Å². The summed E-state index contributed by atoms with van der Waals surface area (Å²) in [5.74, 6) is 2.12. The standard InChI is InChI=1S/C18H30N4O3/c1-4-25-17-16(6-5-8-20-17)12-21-18(19-2)22-9-7-15(13-22)14-24-11-10-23-3/h5-6,8,15H,4,7,9-14H2,1-3H3,(H,19,21). The molecule has 1 unspecified atom stereocenters. The molecular formula is C18H30N4O3. The minimum absolute atomic E-state index is 0.535. The number of ether oxygens (including phenoxy) is 3. The monoisotopic (exact) mass is 350 g/mol. The number of hydrogen-bond acceptors (Lipinski definition) is 5. The highest BCUT2D eigenvalue weighted by molar-refractivity contribution is 5.80. The number of pyridine rings is 1. The summed E-state index contributed by atoms with van der Waals surface area (Å²) in [6.07, 6.45) is 2.86. The molecule has 140 valence electrons. The molecule has 0 aliphatic carbocycles. The Morgan fingerprint density at radius 3 is 3.08 bits per heavy atom. The Balaban J connectivity index is 1.81. The largest absolute Gasteiger partial charge is 0.478 e. The van der Waals surface area contributed by atoms with Crippen molar-refractivity contribution in [3.63, 3.8) is 0 Å².